The molecule has 0 aliphatic carbocycles. The van der Waals surface area contributed by atoms with Crippen molar-refractivity contribution in [3.05, 3.63) is 53.1 Å². The molecule has 3 N–H and O–H groups in total. The predicted molar refractivity (Wildman–Crippen MR) is 134 cm³/mol. The summed E-state index contributed by atoms with van der Waals surface area (Å²) in [5, 5.41) is 10.7. The lowest BCUT2D eigenvalue weighted by Gasteiger charge is -2.45. The third kappa shape index (κ3) is 3.91. The predicted octanol–water partition coefficient (Wildman–Crippen LogP) is 4.57. The van der Waals surface area contributed by atoms with Crippen molar-refractivity contribution < 1.29 is 4.39 Å². The van der Waals surface area contributed by atoms with E-state index in [4.69, 9.17) is 4.99 Å². The Bertz CT molecular complexity index is 1010. The second-order valence-corrected chi connectivity index (χ2v) is 10.7. The van der Waals surface area contributed by atoms with Gasteiger partial charge in [0, 0.05) is 35.5 Å². The van der Waals surface area contributed by atoms with E-state index >= 15 is 0 Å². The van der Waals surface area contributed by atoms with Crippen molar-refractivity contribution in [3.8, 4) is 0 Å². The Morgan fingerprint density at radius 3 is 2.82 bits per heavy atom. The first-order chi connectivity index (χ1) is 15.8. The third-order valence-electron chi connectivity index (χ3n) is 8.52. The molecule has 2 atom stereocenters. The van der Waals surface area contributed by atoms with Crippen LogP contribution in [-0.2, 0) is 5.41 Å². The van der Waals surface area contributed by atoms with Crippen LogP contribution in [0.3, 0.4) is 0 Å². The fourth-order valence-corrected chi connectivity index (χ4v) is 6.02. The van der Waals surface area contributed by atoms with Crippen LogP contribution in [0.5, 0.6) is 0 Å². The zero-order valence-corrected chi connectivity index (χ0v) is 20.4. The number of fused-ring (bicyclic) bond motifs is 1. The minimum Gasteiger partial charge on any atom is -0.374 e. The van der Waals surface area contributed by atoms with E-state index in [0.29, 0.717) is 6.67 Å². The number of anilines is 1. The van der Waals surface area contributed by atoms with Gasteiger partial charge in [-0.05, 0) is 87.4 Å². The molecule has 0 spiro atoms. The molecule has 0 aromatic heterocycles. The summed E-state index contributed by atoms with van der Waals surface area (Å²) >= 11 is 0. The van der Waals surface area contributed by atoms with Gasteiger partial charge in [0.15, 0.2) is 0 Å². The van der Waals surface area contributed by atoms with Gasteiger partial charge in [-0.2, -0.15) is 0 Å². The molecule has 1 aromatic rings. The number of nitrogens with zero attached hydrogens (tertiary/aromatic N) is 2. The summed E-state index contributed by atoms with van der Waals surface area (Å²) < 4.78 is 14.2. The van der Waals surface area contributed by atoms with Gasteiger partial charge in [0.1, 0.15) is 17.2 Å². The summed E-state index contributed by atoms with van der Waals surface area (Å²) in [7, 11) is 0. The lowest BCUT2D eigenvalue weighted by atomic mass is 9.82. The number of hydrogen-bond donors (Lipinski definition) is 3. The van der Waals surface area contributed by atoms with Crippen LogP contribution < -0.4 is 20.9 Å². The van der Waals surface area contributed by atoms with E-state index in [1.54, 1.807) is 12.1 Å². The molecule has 4 heterocycles. The molecule has 1 saturated heterocycles. The maximum absolute atomic E-state index is 14.2. The quantitative estimate of drug-likeness (QED) is 0.593. The molecule has 0 amide bonds. The molecular weight excluding hydrogens is 413 g/mol. The van der Waals surface area contributed by atoms with Gasteiger partial charge in [0.05, 0.1) is 6.67 Å². The molecule has 178 valence electrons. The second-order valence-electron chi connectivity index (χ2n) is 10.7. The molecule has 0 radical (unpaired) electrons. The van der Waals surface area contributed by atoms with Gasteiger partial charge in [0.2, 0.25) is 0 Å². The minimum absolute atomic E-state index is 0.0860. The maximum atomic E-state index is 14.2. The van der Waals surface area contributed by atoms with Gasteiger partial charge in [-0.15, -0.1) is 0 Å². The molecule has 0 saturated carbocycles. The van der Waals surface area contributed by atoms with E-state index in [2.05, 4.69) is 48.2 Å². The maximum Gasteiger partial charge on any atom is 0.135 e. The molecule has 5 nitrogen and oxygen atoms in total. The van der Waals surface area contributed by atoms with Crippen molar-refractivity contribution in [2.45, 2.75) is 70.4 Å². The number of piperidine rings is 1. The van der Waals surface area contributed by atoms with Crippen molar-refractivity contribution in [1.82, 2.24) is 16.0 Å². The molecule has 1 fully saturated rings. The average Bonchev–Trinajstić information content (AvgIpc) is 3.40. The Labute approximate surface area is 197 Å². The number of aliphatic imine (C=N–C) groups is 1. The number of nitrogens with one attached hydrogen (secondary N) is 3. The number of benzene rings is 1. The monoisotopic (exact) mass is 451 g/mol. The number of halogens is 1. The van der Waals surface area contributed by atoms with Crippen molar-refractivity contribution in [3.63, 3.8) is 0 Å². The lowest BCUT2D eigenvalue weighted by Crippen LogP contribution is -2.63. The van der Waals surface area contributed by atoms with E-state index in [1.165, 1.54) is 30.5 Å². The number of hydrogen-bond acceptors (Lipinski definition) is 5. The number of allylic oxidation sites excluding steroid dienone is 2. The summed E-state index contributed by atoms with van der Waals surface area (Å²) in [5.41, 5.74) is 6.22. The van der Waals surface area contributed by atoms with Crippen LogP contribution in [0.25, 0.3) is 0 Å². The molecule has 1 aromatic carbocycles. The first-order valence-corrected chi connectivity index (χ1v) is 12.6. The van der Waals surface area contributed by atoms with Crippen molar-refractivity contribution >= 4 is 11.4 Å². The molecule has 33 heavy (non-hydrogen) atoms. The molecule has 5 rings (SSSR count). The zero-order valence-electron chi connectivity index (χ0n) is 20.4. The highest BCUT2D eigenvalue weighted by Crippen LogP contribution is 2.48. The summed E-state index contributed by atoms with van der Waals surface area (Å²) in [6.45, 7) is 14.9. The van der Waals surface area contributed by atoms with Crippen LogP contribution in [0.15, 0.2) is 46.7 Å². The van der Waals surface area contributed by atoms with Crippen molar-refractivity contribution in [2.24, 2.45) is 10.9 Å². The van der Waals surface area contributed by atoms with Crippen molar-refractivity contribution in [2.75, 3.05) is 31.2 Å². The minimum atomic E-state index is -0.447. The standard InChI is InChI=1S/C27H38FN5/c1-5-26(3)16-33(24-9-8-20(28)14-21(24)26)27(4)25-23(30-17-31-27)15-22(32-25)18(2)6-7-19-10-12-29-13-11-19/h8-9,14,19,29-31H,2,5-7,10-13,15-17H2,1,3-4H3. The van der Waals surface area contributed by atoms with Crippen molar-refractivity contribution in [1.29, 1.82) is 0 Å². The topological polar surface area (TPSA) is 51.7 Å². The average molecular weight is 452 g/mol. The third-order valence-corrected chi connectivity index (χ3v) is 8.52. The molecule has 4 aliphatic heterocycles. The highest BCUT2D eigenvalue weighted by atomic mass is 19.1. The Balaban J connectivity index is 1.39. The van der Waals surface area contributed by atoms with Gasteiger partial charge in [0.25, 0.3) is 0 Å². The van der Waals surface area contributed by atoms with Gasteiger partial charge in [-0.1, -0.05) is 20.4 Å². The fraction of sp³-hybridized carbons (Fsp3) is 0.593. The fourth-order valence-electron chi connectivity index (χ4n) is 6.02. The molecule has 6 heteroatoms. The van der Waals surface area contributed by atoms with Crippen LogP contribution in [0, 0.1) is 11.7 Å². The molecule has 2 unspecified atom stereocenters. The van der Waals surface area contributed by atoms with Gasteiger partial charge >= 0.3 is 0 Å². The lowest BCUT2D eigenvalue weighted by molar-refractivity contribution is 0.336. The highest BCUT2D eigenvalue weighted by Gasteiger charge is 2.49. The summed E-state index contributed by atoms with van der Waals surface area (Å²) in [6.07, 6.45) is 6.54. The Morgan fingerprint density at radius 2 is 2.06 bits per heavy atom. The van der Waals surface area contributed by atoms with E-state index in [1.807, 2.05) is 6.07 Å². The van der Waals surface area contributed by atoms with E-state index < -0.39 is 5.66 Å². The molecule has 4 aliphatic rings. The smallest absolute Gasteiger partial charge is 0.135 e. The largest absolute Gasteiger partial charge is 0.374 e. The van der Waals surface area contributed by atoms with Crippen LogP contribution in [-0.4, -0.2) is 37.7 Å². The van der Waals surface area contributed by atoms with Gasteiger partial charge in [-0.3, -0.25) is 10.3 Å². The Hall–Kier alpha value is -2.18. The normalized spacial score (nSPS) is 29.6. The summed E-state index contributed by atoms with van der Waals surface area (Å²) in [4.78, 5) is 7.59. The van der Waals surface area contributed by atoms with E-state index in [0.717, 1.165) is 67.5 Å². The summed E-state index contributed by atoms with van der Waals surface area (Å²) in [5.74, 6) is 0.635. The zero-order chi connectivity index (χ0) is 23.2. The van der Waals surface area contributed by atoms with E-state index in [-0.39, 0.29) is 11.2 Å². The Morgan fingerprint density at radius 1 is 1.27 bits per heavy atom. The first-order valence-electron chi connectivity index (χ1n) is 12.6. The van der Waals surface area contributed by atoms with Gasteiger partial charge in [-0.25, -0.2) is 4.39 Å². The van der Waals surface area contributed by atoms with Crippen LogP contribution in [0.1, 0.15) is 64.9 Å². The van der Waals surface area contributed by atoms with Crippen LogP contribution in [0.4, 0.5) is 10.1 Å². The van der Waals surface area contributed by atoms with Gasteiger partial charge < -0.3 is 15.5 Å². The first kappa shape index (κ1) is 22.6. The second kappa shape index (κ2) is 8.55. The van der Waals surface area contributed by atoms with Crippen LogP contribution >= 0.6 is 0 Å². The Kier molecular flexibility index (Phi) is 5.86. The molecular formula is C27H38FN5. The van der Waals surface area contributed by atoms with E-state index in [9.17, 15) is 4.39 Å². The summed E-state index contributed by atoms with van der Waals surface area (Å²) in [6, 6.07) is 5.25. The van der Waals surface area contributed by atoms with Crippen LogP contribution in [0.2, 0.25) is 0 Å². The highest BCUT2D eigenvalue weighted by molar-refractivity contribution is 6.03. The number of rotatable bonds is 6. The molecule has 0 bridgehead atoms. The SMILES string of the molecule is C=C(CCC1CCNCC1)C1=NC2=C(C1)NCNC2(C)N1CC(C)(CC)c2cc(F)ccc21.